The van der Waals surface area contributed by atoms with Crippen molar-refractivity contribution in [3.8, 4) is 0 Å². The number of likely N-dealkylation sites (N-methyl/N-ethyl adjacent to an activating group) is 1. The van der Waals surface area contributed by atoms with Crippen molar-refractivity contribution in [3.63, 3.8) is 0 Å². The normalized spacial score (nSPS) is 17.7. The van der Waals surface area contributed by atoms with Crippen molar-refractivity contribution in [2.75, 3.05) is 30.8 Å². The molecule has 32 heavy (non-hydrogen) atoms. The number of nitrogens with zero attached hydrogens (tertiary/aromatic N) is 1. The third kappa shape index (κ3) is 8.80. The highest BCUT2D eigenvalue weighted by molar-refractivity contribution is 8.14. The molecule has 1 heterocycles. The van der Waals surface area contributed by atoms with E-state index in [1.807, 2.05) is 26.1 Å². The number of thioether (sulfide) groups is 1. The minimum atomic E-state index is -0.287. The highest BCUT2D eigenvalue weighted by Crippen LogP contribution is 2.25. The second-order valence-electron chi connectivity index (χ2n) is 8.09. The first-order valence-corrected chi connectivity index (χ1v) is 12.4. The van der Waals surface area contributed by atoms with Gasteiger partial charge in [0.15, 0.2) is 5.17 Å². The van der Waals surface area contributed by atoms with E-state index in [9.17, 15) is 9.59 Å². The van der Waals surface area contributed by atoms with Crippen LogP contribution in [0.15, 0.2) is 23.2 Å². The highest BCUT2D eigenvalue weighted by atomic mass is 32.2. The van der Waals surface area contributed by atoms with E-state index in [2.05, 4.69) is 26.3 Å². The fourth-order valence-electron chi connectivity index (χ4n) is 3.56. The molecule has 1 aliphatic rings. The second kappa shape index (κ2) is 14.1. The summed E-state index contributed by atoms with van der Waals surface area (Å²) >= 11 is 1.49. The van der Waals surface area contributed by atoms with Crippen molar-refractivity contribution in [3.05, 3.63) is 23.8 Å². The molecule has 0 saturated heterocycles. The minimum absolute atomic E-state index is 0.0765. The molecule has 9 heteroatoms. The van der Waals surface area contributed by atoms with Gasteiger partial charge in [0.2, 0.25) is 5.91 Å². The molecule has 2 atom stereocenters. The molecule has 0 aliphatic carbocycles. The molecule has 8 nitrogen and oxygen atoms in total. The second-order valence-corrected chi connectivity index (χ2v) is 9.22. The summed E-state index contributed by atoms with van der Waals surface area (Å²) in [6.07, 6.45) is 8.35. The summed E-state index contributed by atoms with van der Waals surface area (Å²) in [6.45, 7) is 5.07. The van der Waals surface area contributed by atoms with Crippen molar-refractivity contribution in [1.82, 2.24) is 10.6 Å². The van der Waals surface area contributed by atoms with E-state index in [1.165, 1.54) is 50.8 Å². The maximum absolute atomic E-state index is 12.8. The van der Waals surface area contributed by atoms with Crippen LogP contribution in [0, 0.1) is 0 Å². The predicted molar refractivity (Wildman–Crippen MR) is 135 cm³/mol. The number of benzene rings is 1. The summed E-state index contributed by atoms with van der Waals surface area (Å²) < 4.78 is 0. The lowest BCUT2D eigenvalue weighted by atomic mass is 10.1. The van der Waals surface area contributed by atoms with Gasteiger partial charge in [-0.2, -0.15) is 0 Å². The number of aliphatic imine (C=N–C) groups is 1. The number of nitrogens with one attached hydrogen (secondary N) is 4. The highest BCUT2D eigenvalue weighted by Gasteiger charge is 2.27. The first-order chi connectivity index (χ1) is 15.4. The molecule has 1 aliphatic heterocycles. The molecule has 0 saturated carbocycles. The van der Waals surface area contributed by atoms with Crippen molar-refractivity contribution in [1.29, 1.82) is 0 Å². The van der Waals surface area contributed by atoms with Crippen LogP contribution in [-0.4, -0.2) is 48.5 Å². The number of amidine groups is 1. The third-order valence-electron chi connectivity index (χ3n) is 5.29. The van der Waals surface area contributed by atoms with Crippen LogP contribution in [0.5, 0.6) is 0 Å². The van der Waals surface area contributed by atoms with Crippen molar-refractivity contribution in [2.24, 2.45) is 10.7 Å². The molecule has 1 aromatic rings. The standard InChI is InChI=1S/C23H38N6O2S/c1-16-22(25-3)32-23(27-16)29-21(31)19-12-11-18(15-20(19)28-17(2)30)26-14-10-8-6-4-5-7-9-13-24/h11-12,15-16,22,25-26H,4-10,13-14,24H2,1-3H3,(H,28,30)(H,27,29,31). The van der Waals surface area contributed by atoms with E-state index in [0.717, 1.165) is 31.6 Å². The molecular formula is C23H38N6O2S. The number of nitrogens with two attached hydrogens (primary N) is 1. The van der Waals surface area contributed by atoms with Gasteiger partial charge in [-0.05, 0) is 51.6 Å². The Balaban J connectivity index is 1.88. The SMILES string of the molecule is CNC1SC(NC(=O)c2ccc(NCCCCCCCCCN)cc2NC(C)=O)=NC1C. The van der Waals surface area contributed by atoms with Crippen LogP contribution in [0.4, 0.5) is 11.4 Å². The van der Waals surface area contributed by atoms with Crippen LogP contribution < -0.4 is 27.0 Å². The quantitative estimate of drug-likeness (QED) is 0.286. The van der Waals surface area contributed by atoms with Crippen LogP contribution in [0.1, 0.15) is 69.2 Å². The molecule has 2 unspecified atom stereocenters. The van der Waals surface area contributed by atoms with Crippen molar-refractivity contribution < 1.29 is 9.59 Å². The van der Waals surface area contributed by atoms with Gasteiger partial charge in [-0.25, -0.2) is 0 Å². The number of anilines is 2. The fraction of sp³-hybridized carbons (Fsp3) is 0.609. The lowest BCUT2D eigenvalue weighted by Crippen LogP contribution is -2.31. The molecule has 0 fully saturated rings. The maximum Gasteiger partial charge on any atom is 0.259 e. The zero-order chi connectivity index (χ0) is 23.3. The number of hydrogen-bond acceptors (Lipinski definition) is 7. The summed E-state index contributed by atoms with van der Waals surface area (Å²) in [5.74, 6) is -0.507. The molecule has 2 rings (SSSR count). The van der Waals surface area contributed by atoms with Gasteiger partial charge in [0.1, 0.15) is 0 Å². The zero-order valence-corrected chi connectivity index (χ0v) is 20.3. The number of unbranched alkanes of at least 4 members (excludes halogenated alkanes) is 6. The molecule has 0 bridgehead atoms. The topological polar surface area (TPSA) is 121 Å². The molecular weight excluding hydrogens is 424 g/mol. The minimum Gasteiger partial charge on any atom is -0.385 e. The molecule has 0 radical (unpaired) electrons. The van der Waals surface area contributed by atoms with Gasteiger partial charge in [-0.15, -0.1) is 0 Å². The van der Waals surface area contributed by atoms with Crippen LogP contribution in [0.25, 0.3) is 0 Å². The smallest absolute Gasteiger partial charge is 0.259 e. The molecule has 0 aromatic heterocycles. The average molecular weight is 463 g/mol. The van der Waals surface area contributed by atoms with E-state index in [1.54, 1.807) is 6.07 Å². The zero-order valence-electron chi connectivity index (χ0n) is 19.5. The van der Waals surface area contributed by atoms with E-state index < -0.39 is 0 Å². The fourth-order valence-corrected chi connectivity index (χ4v) is 4.55. The largest absolute Gasteiger partial charge is 0.385 e. The number of carbonyl (C=O) groups is 2. The lowest BCUT2D eigenvalue weighted by Gasteiger charge is -2.14. The maximum atomic E-state index is 12.8. The van der Waals surface area contributed by atoms with Gasteiger partial charge in [0.05, 0.1) is 22.7 Å². The van der Waals surface area contributed by atoms with Crippen molar-refractivity contribution >= 4 is 40.1 Å². The lowest BCUT2D eigenvalue weighted by molar-refractivity contribution is -0.114. The molecule has 178 valence electrons. The summed E-state index contributed by atoms with van der Waals surface area (Å²) in [6, 6.07) is 5.49. The number of rotatable bonds is 13. The van der Waals surface area contributed by atoms with Gasteiger partial charge < -0.3 is 27.0 Å². The Morgan fingerprint density at radius 2 is 1.75 bits per heavy atom. The number of amides is 2. The van der Waals surface area contributed by atoms with Crippen LogP contribution in [0.3, 0.4) is 0 Å². The summed E-state index contributed by atoms with van der Waals surface area (Å²) in [4.78, 5) is 29.0. The Kier molecular flexibility index (Phi) is 11.5. The predicted octanol–water partition coefficient (Wildman–Crippen LogP) is 3.51. The Labute approximate surface area is 196 Å². The first kappa shape index (κ1) is 26.2. The van der Waals surface area contributed by atoms with Gasteiger partial charge in [0.25, 0.3) is 5.91 Å². The molecule has 2 amide bonds. The monoisotopic (exact) mass is 462 g/mol. The average Bonchev–Trinajstić information content (AvgIpc) is 3.11. The third-order valence-corrected chi connectivity index (χ3v) is 6.60. The van der Waals surface area contributed by atoms with E-state index in [-0.39, 0.29) is 23.2 Å². The van der Waals surface area contributed by atoms with Crippen LogP contribution in [0.2, 0.25) is 0 Å². The summed E-state index contributed by atoms with van der Waals surface area (Å²) in [5, 5.41) is 12.9. The summed E-state index contributed by atoms with van der Waals surface area (Å²) in [5.41, 5.74) is 7.29. The van der Waals surface area contributed by atoms with Gasteiger partial charge in [0, 0.05) is 19.2 Å². The Morgan fingerprint density at radius 1 is 1.06 bits per heavy atom. The van der Waals surface area contributed by atoms with E-state index >= 15 is 0 Å². The summed E-state index contributed by atoms with van der Waals surface area (Å²) in [7, 11) is 1.87. The van der Waals surface area contributed by atoms with Gasteiger partial charge in [-0.1, -0.05) is 43.9 Å². The first-order valence-electron chi connectivity index (χ1n) is 11.5. The van der Waals surface area contributed by atoms with E-state index in [4.69, 9.17) is 5.73 Å². The molecule has 1 aromatic carbocycles. The molecule has 0 spiro atoms. The van der Waals surface area contributed by atoms with E-state index in [0.29, 0.717) is 16.4 Å². The van der Waals surface area contributed by atoms with Crippen molar-refractivity contribution in [2.45, 2.75) is 70.2 Å². The number of hydrogen-bond donors (Lipinski definition) is 5. The van der Waals surface area contributed by atoms with Crippen LogP contribution in [-0.2, 0) is 4.79 Å². The van der Waals surface area contributed by atoms with Gasteiger partial charge in [-0.3, -0.25) is 14.6 Å². The molecule has 6 N–H and O–H groups in total. The van der Waals surface area contributed by atoms with Gasteiger partial charge >= 0.3 is 0 Å². The Morgan fingerprint density at radius 3 is 2.38 bits per heavy atom. The Bertz CT molecular complexity index is 786. The van der Waals surface area contributed by atoms with Crippen LogP contribution >= 0.6 is 11.8 Å². The Hall–Kier alpha value is -2.10. The number of carbonyl (C=O) groups excluding carboxylic acids is 2.